The molecule has 2 aromatic carbocycles. The maximum atomic E-state index is 13.1. The largest absolute Gasteiger partial charge is 0.322 e. The molecule has 0 radical (unpaired) electrons. The summed E-state index contributed by atoms with van der Waals surface area (Å²) in [6.07, 6.45) is 8.56. The Balaban J connectivity index is 1.49. The molecule has 4 nitrogen and oxygen atoms in total. The van der Waals surface area contributed by atoms with Crippen LogP contribution in [0, 0.1) is 0 Å². The van der Waals surface area contributed by atoms with Crippen LogP contribution in [0.2, 0.25) is 0 Å². The van der Waals surface area contributed by atoms with E-state index in [0.717, 1.165) is 42.8 Å². The molecule has 0 bridgehead atoms. The highest BCUT2D eigenvalue weighted by molar-refractivity contribution is 6.05. The third kappa shape index (κ3) is 3.05. The van der Waals surface area contributed by atoms with Crippen molar-refractivity contribution in [1.82, 2.24) is 9.78 Å². The number of aromatic nitrogens is 2. The van der Waals surface area contributed by atoms with Crippen molar-refractivity contribution >= 4 is 11.6 Å². The van der Waals surface area contributed by atoms with Crippen LogP contribution in [0.25, 0.3) is 5.69 Å². The number of carbonyl (C=O) groups is 1. The van der Waals surface area contributed by atoms with E-state index >= 15 is 0 Å². The molecule has 0 saturated heterocycles. The van der Waals surface area contributed by atoms with E-state index in [0.29, 0.717) is 11.5 Å². The number of aryl methyl sites for hydroxylation is 1. The Morgan fingerprint density at radius 1 is 1.00 bits per heavy atom. The van der Waals surface area contributed by atoms with Gasteiger partial charge in [-0.15, -0.1) is 0 Å². The first-order valence-electron chi connectivity index (χ1n) is 9.87. The van der Waals surface area contributed by atoms with Crippen LogP contribution in [-0.2, 0) is 12.8 Å². The molecule has 1 fully saturated rings. The van der Waals surface area contributed by atoms with Crippen molar-refractivity contribution in [3.05, 3.63) is 77.1 Å². The highest BCUT2D eigenvalue weighted by Gasteiger charge is 2.33. The number of hydrogen-bond donors (Lipinski definition) is 1. The van der Waals surface area contributed by atoms with Gasteiger partial charge < -0.3 is 5.32 Å². The van der Waals surface area contributed by atoms with Crippen molar-refractivity contribution in [2.24, 2.45) is 0 Å². The average Bonchev–Trinajstić information content (AvgIpc) is 3.46. The SMILES string of the molecule is O=C(Nc1cccc2c1CCCC2)c1cnn(-c2ccccc2)c1C1CC1. The fraction of sp³-hybridized carbons (Fsp3) is 0.304. The van der Waals surface area contributed by atoms with Gasteiger partial charge in [0.2, 0.25) is 0 Å². The van der Waals surface area contributed by atoms with Crippen LogP contribution < -0.4 is 5.32 Å². The minimum absolute atomic E-state index is 0.0435. The lowest BCUT2D eigenvalue weighted by molar-refractivity contribution is 0.102. The van der Waals surface area contributed by atoms with E-state index < -0.39 is 0 Å². The maximum absolute atomic E-state index is 13.1. The second-order valence-corrected chi connectivity index (χ2v) is 7.57. The number of hydrogen-bond acceptors (Lipinski definition) is 2. The molecule has 2 aliphatic rings. The Labute approximate surface area is 159 Å². The summed E-state index contributed by atoms with van der Waals surface area (Å²) in [5.74, 6) is 0.385. The van der Waals surface area contributed by atoms with Crippen LogP contribution in [0.15, 0.2) is 54.7 Å². The van der Waals surface area contributed by atoms with Crippen LogP contribution in [-0.4, -0.2) is 15.7 Å². The summed E-state index contributed by atoms with van der Waals surface area (Å²) in [7, 11) is 0. The van der Waals surface area contributed by atoms with Crippen LogP contribution in [0.1, 0.15) is 58.8 Å². The number of amides is 1. The Hall–Kier alpha value is -2.88. The first kappa shape index (κ1) is 16.3. The molecule has 2 aliphatic carbocycles. The zero-order chi connectivity index (χ0) is 18.2. The molecular weight excluding hydrogens is 334 g/mol. The number of para-hydroxylation sites is 1. The smallest absolute Gasteiger partial charge is 0.259 e. The summed E-state index contributed by atoms with van der Waals surface area (Å²) >= 11 is 0. The lowest BCUT2D eigenvalue weighted by Crippen LogP contribution is -2.17. The molecule has 1 N–H and O–H groups in total. The Kier molecular flexibility index (Phi) is 4.04. The molecule has 0 spiro atoms. The summed E-state index contributed by atoms with van der Waals surface area (Å²) in [4.78, 5) is 13.1. The lowest BCUT2D eigenvalue weighted by atomic mass is 9.90. The molecule has 1 saturated carbocycles. The van der Waals surface area contributed by atoms with Crippen LogP contribution in [0.5, 0.6) is 0 Å². The highest BCUT2D eigenvalue weighted by Crippen LogP contribution is 2.42. The molecule has 1 amide bonds. The molecule has 5 rings (SSSR count). The van der Waals surface area contributed by atoms with Gasteiger partial charge in [0.1, 0.15) is 0 Å². The number of benzene rings is 2. The summed E-state index contributed by atoms with van der Waals surface area (Å²) in [5, 5.41) is 7.74. The van der Waals surface area contributed by atoms with Gasteiger partial charge in [-0.3, -0.25) is 4.79 Å². The predicted octanol–water partition coefficient (Wildman–Crippen LogP) is 4.88. The maximum Gasteiger partial charge on any atom is 0.259 e. The third-order valence-corrected chi connectivity index (χ3v) is 5.66. The van der Waals surface area contributed by atoms with Crippen LogP contribution in [0.4, 0.5) is 5.69 Å². The number of fused-ring (bicyclic) bond motifs is 1. The number of anilines is 1. The first-order valence-corrected chi connectivity index (χ1v) is 9.87. The van der Waals surface area contributed by atoms with Crippen molar-refractivity contribution in [2.75, 3.05) is 5.32 Å². The van der Waals surface area contributed by atoms with Gasteiger partial charge in [0.15, 0.2) is 0 Å². The first-order chi connectivity index (χ1) is 13.3. The van der Waals surface area contributed by atoms with Gasteiger partial charge in [-0.25, -0.2) is 4.68 Å². The van der Waals surface area contributed by atoms with Crippen molar-refractivity contribution < 1.29 is 4.79 Å². The number of rotatable bonds is 4. The highest BCUT2D eigenvalue weighted by atomic mass is 16.1. The third-order valence-electron chi connectivity index (χ3n) is 5.66. The zero-order valence-corrected chi connectivity index (χ0v) is 15.3. The molecule has 136 valence electrons. The standard InChI is InChI=1S/C23H23N3O/c27-23(25-21-12-6-8-16-7-4-5-11-19(16)21)20-15-24-26(22(20)17-13-14-17)18-9-2-1-3-10-18/h1-3,6,8-10,12,15,17H,4-5,7,11,13-14H2,(H,25,27). The zero-order valence-electron chi connectivity index (χ0n) is 15.3. The summed E-state index contributed by atoms with van der Waals surface area (Å²) in [6, 6.07) is 16.3. The summed E-state index contributed by atoms with van der Waals surface area (Å²) < 4.78 is 1.94. The molecular formula is C23H23N3O. The van der Waals surface area contributed by atoms with E-state index in [1.54, 1.807) is 6.20 Å². The Morgan fingerprint density at radius 3 is 2.63 bits per heavy atom. The fourth-order valence-corrected chi connectivity index (χ4v) is 4.15. The van der Waals surface area contributed by atoms with E-state index in [-0.39, 0.29) is 5.91 Å². The van der Waals surface area contributed by atoms with Gasteiger partial charge in [-0.05, 0) is 67.9 Å². The number of nitrogens with zero attached hydrogens (tertiary/aromatic N) is 2. The molecule has 0 unspecified atom stereocenters. The van der Waals surface area contributed by atoms with E-state index in [1.165, 1.54) is 24.0 Å². The topological polar surface area (TPSA) is 46.9 Å². The van der Waals surface area contributed by atoms with Crippen molar-refractivity contribution in [1.29, 1.82) is 0 Å². The monoisotopic (exact) mass is 357 g/mol. The van der Waals surface area contributed by atoms with Crippen molar-refractivity contribution in [3.63, 3.8) is 0 Å². The average molecular weight is 357 g/mol. The second-order valence-electron chi connectivity index (χ2n) is 7.57. The van der Waals surface area contributed by atoms with Gasteiger partial charge in [-0.1, -0.05) is 30.3 Å². The van der Waals surface area contributed by atoms with E-state index in [1.807, 2.05) is 41.1 Å². The number of nitrogens with one attached hydrogen (secondary N) is 1. The second kappa shape index (κ2) is 6.69. The molecule has 4 heteroatoms. The quantitative estimate of drug-likeness (QED) is 0.723. The normalized spacial score (nSPS) is 16.0. The van der Waals surface area contributed by atoms with Crippen molar-refractivity contribution in [3.8, 4) is 5.69 Å². The van der Waals surface area contributed by atoms with E-state index in [9.17, 15) is 4.79 Å². The Morgan fingerprint density at radius 2 is 1.81 bits per heavy atom. The number of carbonyl (C=O) groups excluding carboxylic acids is 1. The molecule has 1 aromatic heterocycles. The summed E-state index contributed by atoms with van der Waals surface area (Å²) in [5.41, 5.74) is 6.40. The van der Waals surface area contributed by atoms with Crippen LogP contribution in [0.3, 0.4) is 0 Å². The van der Waals surface area contributed by atoms with Gasteiger partial charge in [0, 0.05) is 11.6 Å². The van der Waals surface area contributed by atoms with E-state index in [4.69, 9.17) is 0 Å². The molecule has 1 heterocycles. The van der Waals surface area contributed by atoms with E-state index in [2.05, 4.69) is 22.5 Å². The minimum Gasteiger partial charge on any atom is -0.322 e. The molecule has 3 aromatic rings. The Bertz CT molecular complexity index is 986. The molecule has 27 heavy (non-hydrogen) atoms. The minimum atomic E-state index is -0.0435. The fourth-order valence-electron chi connectivity index (χ4n) is 4.15. The molecule has 0 atom stereocenters. The van der Waals surface area contributed by atoms with Gasteiger partial charge in [-0.2, -0.15) is 5.10 Å². The van der Waals surface area contributed by atoms with Gasteiger partial charge in [0.05, 0.1) is 23.1 Å². The van der Waals surface area contributed by atoms with Gasteiger partial charge in [0.25, 0.3) is 5.91 Å². The summed E-state index contributed by atoms with van der Waals surface area (Å²) in [6.45, 7) is 0. The lowest BCUT2D eigenvalue weighted by Gasteiger charge is -2.19. The molecule has 0 aliphatic heterocycles. The van der Waals surface area contributed by atoms with Gasteiger partial charge >= 0.3 is 0 Å². The van der Waals surface area contributed by atoms with Crippen LogP contribution >= 0.6 is 0 Å². The van der Waals surface area contributed by atoms with Crippen molar-refractivity contribution in [2.45, 2.75) is 44.4 Å². The predicted molar refractivity (Wildman–Crippen MR) is 107 cm³/mol.